The van der Waals surface area contributed by atoms with E-state index >= 15 is 0 Å². The number of benzene rings is 1. The molecule has 2 nitrogen and oxygen atoms in total. The number of hydrogen-bond donors (Lipinski definition) is 1. The smallest absolute Gasteiger partial charge is 0.0811 e. The van der Waals surface area contributed by atoms with Crippen LogP contribution in [-0.4, -0.2) is 17.8 Å². The topological polar surface area (TPSA) is 32.8 Å². The lowest BCUT2D eigenvalue weighted by molar-refractivity contribution is 0.160. The van der Waals surface area contributed by atoms with Crippen LogP contribution in [0.5, 0.6) is 0 Å². The van der Waals surface area contributed by atoms with Crippen molar-refractivity contribution in [1.29, 1.82) is 0 Å². The number of rotatable bonds is 4. The molecule has 0 saturated carbocycles. The Morgan fingerprint density at radius 1 is 1.43 bits per heavy atom. The van der Waals surface area contributed by atoms with E-state index in [1.54, 1.807) is 12.1 Å². The molecule has 1 N–H and O–H groups in total. The summed E-state index contributed by atoms with van der Waals surface area (Å²) >= 11 is 5.75. The summed E-state index contributed by atoms with van der Waals surface area (Å²) in [5, 5.41) is 10.5. The third kappa shape index (κ3) is 2.71. The van der Waals surface area contributed by atoms with Gasteiger partial charge < -0.3 is 9.84 Å². The molecule has 0 aromatic heterocycles. The standard InChI is InChI=1S/C11H13ClO2/c12-9-3-1-8(2-4-9)11(13)6-5-10-7-14-10/h1-4,10-11,13H,5-7H2. The number of hydrogen-bond acceptors (Lipinski definition) is 2. The summed E-state index contributed by atoms with van der Waals surface area (Å²) in [5.74, 6) is 0. The van der Waals surface area contributed by atoms with Gasteiger partial charge in [-0.2, -0.15) is 0 Å². The van der Waals surface area contributed by atoms with E-state index in [-0.39, 0.29) is 0 Å². The van der Waals surface area contributed by atoms with Crippen LogP contribution in [0.15, 0.2) is 24.3 Å². The van der Waals surface area contributed by atoms with Crippen LogP contribution >= 0.6 is 11.6 Å². The minimum absolute atomic E-state index is 0.386. The highest BCUT2D eigenvalue weighted by molar-refractivity contribution is 6.30. The minimum atomic E-state index is -0.392. The van der Waals surface area contributed by atoms with Gasteiger partial charge in [-0.3, -0.25) is 0 Å². The second-order valence-electron chi connectivity index (χ2n) is 3.60. The van der Waals surface area contributed by atoms with Gasteiger partial charge in [-0.15, -0.1) is 0 Å². The lowest BCUT2D eigenvalue weighted by Gasteiger charge is -2.09. The molecule has 2 atom stereocenters. The van der Waals surface area contributed by atoms with E-state index in [1.807, 2.05) is 12.1 Å². The van der Waals surface area contributed by atoms with Crippen LogP contribution in [0.25, 0.3) is 0 Å². The van der Waals surface area contributed by atoms with Crippen LogP contribution in [-0.2, 0) is 4.74 Å². The van der Waals surface area contributed by atoms with Crippen molar-refractivity contribution in [3.8, 4) is 0 Å². The number of epoxide rings is 1. The molecule has 1 aliphatic heterocycles. The molecule has 76 valence electrons. The van der Waals surface area contributed by atoms with E-state index in [0.29, 0.717) is 11.1 Å². The summed E-state index contributed by atoms with van der Waals surface area (Å²) in [7, 11) is 0. The highest BCUT2D eigenvalue weighted by Gasteiger charge is 2.23. The van der Waals surface area contributed by atoms with Crippen LogP contribution in [0.4, 0.5) is 0 Å². The monoisotopic (exact) mass is 212 g/mol. The lowest BCUT2D eigenvalue weighted by Crippen LogP contribution is -1.99. The molecule has 0 spiro atoms. The maximum absolute atomic E-state index is 9.79. The normalized spacial score (nSPS) is 22.0. The molecule has 0 bridgehead atoms. The van der Waals surface area contributed by atoms with Crippen molar-refractivity contribution in [2.24, 2.45) is 0 Å². The van der Waals surface area contributed by atoms with Gasteiger partial charge in [-0.25, -0.2) is 0 Å². The molecule has 0 aliphatic carbocycles. The molecular weight excluding hydrogens is 200 g/mol. The van der Waals surface area contributed by atoms with Gasteiger partial charge in [-0.05, 0) is 30.5 Å². The zero-order chi connectivity index (χ0) is 9.97. The Labute approximate surface area is 88.5 Å². The van der Waals surface area contributed by atoms with E-state index in [1.165, 1.54) is 0 Å². The Morgan fingerprint density at radius 3 is 2.64 bits per heavy atom. The van der Waals surface area contributed by atoms with Crippen LogP contribution in [0.2, 0.25) is 5.02 Å². The molecule has 1 fully saturated rings. The molecule has 2 rings (SSSR count). The summed E-state index contributed by atoms with van der Waals surface area (Å²) in [6, 6.07) is 7.32. The van der Waals surface area contributed by atoms with Gasteiger partial charge in [0.1, 0.15) is 0 Å². The maximum atomic E-state index is 9.79. The number of ether oxygens (including phenoxy) is 1. The maximum Gasteiger partial charge on any atom is 0.0811 e. The molecule has 3 heteroatoms. The third-order valence-electron chi connectivity index (χ3n) is 2.42. The predicted octanol–water partition coefficient (Wildman–Crippen LogP) is 2.55. The molecule has 0 amide bonds. The fraction of sp³-hybridized carbons (Fsp3) is 0.455. The molecule has 0 radical (unpaired) electrons. The second kappa shape index (κ2) is 4.30. The molecule has 1 aromatic carbocycles. The predicted molar refractivity (Wildman–Crippen MR) is 55.4 cm³/mol. The van der Waals surface area contributed by atoms with Crippen LogP contribution < -0.4 is 0 Å². The van der Waals surface area contributed by atoms with Gasteiger partial charge in [-0.1, -0.05) is 23.7 Å². The van der Waals surface area contributed by atoms with Crippen molar-refractivity contribution in [3.63, 3.8) is 0 Å². The fourth-order valence-corrected chi connectivity index (χ4v) is 1.56. The van der Waals surface area contributed by atoms with Crippen LogP contribution in [0, 0.1) is 0 Å². The SMILES string of the molecule is OC(CCC1CO1)c1ccc(Cl)cc1. The number of halogens is 1. The quantitative estimate of drug-likeness (QED) is 0.779. The molecule has 1 heterocycles. The largest absolute Gasteiger partial charge is 0.388 e. The second-order valence-corrected chi connectivity index (χ2v) is 4.04. The highest BCUT2D eigenvalue weighted by atomic mass is 35.5. The van der Waals surface area contributed by atoms with Gasteiger partial charge in [0.05, 0.1) is 18.8 Å². The summed E-state index contributed by atoms with van der Waals surface area (Å²) in [4.78, 5) is 0. The Hall–Kier alpha value is -0.570. The van der Waals surface area contributed by atoms with Gasteiger partial charge in [0.2, 0.25) is 0 Å². The van der Waals surface area contributed by atoms with E-state index in [0.717, 1.165) is 25.0 Å². The first-order chi connectivity index (χ1) is 6.75. The summed E-state index contributed by atoms with van der Waals surface area (Å²) in [5.41, 5.74) is 0.926. The van der Waals surface area contributed by atoms with Crippen molar-refractivity contribution in [3.05, 3.63) is 34.9 Å². The molecule has 1 aromatic rings. The molecule has 14 heavy (non-hydrogen) atoms. The van der Waals surface area contributed by atoms with E-state index in [9.17, 15) is 5.11 Å². The minimum Gasteiger partial charge on any atom is -0.388 e. The highest BCUT2D eigenvalue weighted by Crippen LogP contribution is 2.24. The van der Waals surface area contributed by atoms with E-state index in [2.05, 4.69) is 0 Å². The zero-order valence-corrected chi connectivity index (χ0v) is 8.57. The average molecular weight is 213 g/mol. The number of aliphatic hydroxyl groups excluding tert-OH is 1. The molecular formula is C11H13ClO2. The Balaban J connectivity index is 1.88. The van der Waals surface area contributed by atoms with Crippen molar-refractivity contribution in [2.75, 3.05) is 6.61 Å². The first kappa shape index (κ1) is 9.97. The average Bonchev–Trinajstić information content (AvgIpc) is 2.99. The summed E-state index contributed by atoms with van der Waals surface area (Å²) in [6.45, 7) is 0.855. The van der Waals surface area contributed by atoms with Gasteiger partial charge in [0, 0.05) is 5.02 Å². The van der Waals surface area contributed by atoms with Crippen LogP contribution in [0.1, 0.15) is 24.5 Å². The van der Waals surface area contributed by atoms with Gasteiger partial charge in [0.15, 0.2) is 0 Å². The molecule has 2 unspecified atom stereocenters. The summed E-state index contributed by atoms with van der Waals surface area (Å²) < 4.78 is 5.08. The third-order valence-corrected chi connectivity index (χ3v) is 2.67. The molecule has 1 saturated heterocycles. The summed E-state index contributed by atoms with van der Waals surface area (Å²) in [6.07, 6.45) is 1.68. The van der Waals surface area contributed by atoms with Gasteiger partial charge in [0.25, 0.3) is 0 Å². The van der Waals surface area contributed by atoms with Crippen molar-refractivity contribution in [2.45, 2.75) is 25.0 Å². The lowest BCUT2D eigenvalue weighted by atomic mass is 10.0. The fourth-order valence-electron chi connectivity index (χ4n) is 1.43. The Morgan fingerprint density at radius 2 is 2.07 bits per heavy atom. The Kier molecular flexibility index (Phi) is 3.06. The van der Waals surface area contributed by atoms with Gasteiger partial charge >= 0.3 is 0 Å². The first-order valence-electron chi connectivity index (χ1n) is 4.81. The van der Waals surface area contributed by atoms with Crippen molar-refractivity contribution < 1.29 is 9.84 Å². The number of aliphatic hydroxyl groups is 1. The van der Waals surface area contributed by atoms with Crippen LogP contribution in [0.3, 0.4) is 0 Å². The van der Waals surface area contributed by atoms with Crippen molar-refractivity contribution in [1.82, 2.24) is 0 Å². The first-order valence-corrected chi connectivity index (χ1v) is 5.18. The zero-order valence-electron chi connectivity index (χ0n) is 7.82. The van der Waals surface area contributed by atoms with Crippen molar-refractivity contribution >= 4 is 11.6 Å². The molecule has 1 aliphatic rings. The van der Waals surface area contributed by atoms with E-state index in [4.69, 9.17) is 16.3 Å². The Bertz CT molecular complexity index is 293. The van der Waals surface area contributed by atoms with E-state index < -0.39 is 6.10 Å².